The SMILES string of the molecule is CCc1ccccc1NC(=O)CN(C)C(=O)c1cc(C)n(-c2cc(C)on2)c1C. The lowest BCUT2D eigenvalue weighted by Gasteiger charge is -2.18. The Balaban J connectivity index is 1.74. The van der Waals surface area contributed by atoms with Gasteiger partial charge in [-0.15, -0.1) is 0 Å². The van der Waals surface area contributed by atoms with Gasteiger partial charge in [0.15, 0.2) is 5.82 Å². The van der Waals surface area contributed by atoms with E-state index in [2.05, 4.69) is 10.5 Å². The van der Waals surface area contributed by atoms with Crippen LogP contribution in [0.2, 0.25) is 0 Å². The molecule has 29 heavy (non-hydrogen) atoms. The largest absolute Gasteiger partial charge is 0.360 e. The van der Waals surface area contributed by atoms with Gasteiger partial charge in [0, 0.05) is 30.2 Å². The first-order chi connectivity index (χ1) is 13.8. The van der Waals surface area contributed by atoms with Gasteiger partial charge >= 0.3 is 0 Å². The molecule has 152 valence electrons. The molecule has 1 aromatic carbocycles. The summed E-state index contributed by atoms with van der Waals surface area (Å²) in [6, 6.07) is 11.3. The third-order valence-electron chi connectivity index (χ3n) is 4.91. The van der Waals surface area contributed by atoms with Gasteiger partial charge in [0.1, 0.15) is 5.76 Å². The molecule has 0 atom stereocenters. The molecule has 7 nitrogen and oxygen atoms in total. The second kappa shape index (κ2) is 8.34. The van der Waals surface area contributed by atoms with Gasteiger partial charge in [0.2, 0.25) is 5.91 Å². The van der Waals surface area contributed by atoms with Crippen molar-refractivity contribution in [2.75, 3.05) is 18.9 Å². The van der Waals surface area contributed by atoms with Crippen LogP contribution < -0.4 is 5.32 Å². The Morgan fingerprint density at radius 1 is 1.17 bits per heavy atom. The number of aryl methyl sites for hydroxylation is 3. The maximum atomic E-state index is 13.0. The fourth-order valence-electron chi connectivity index (χ4n) is 3.42. The Labute approximate surface area is 170 Å². The first-order valence-corrected chi connectivity index (χ1v) is 9.57. The zero-order chi connectivity index (χ0) is 21.1. The highest BCUT2D eigenvalue weighted by Crippen LogP contribution is 2.22. The van der Waals surface area contributed by atoms with Gasteiger partial charge in [-0.25, -0.2) is 0 Å². The summed E-state index contributed by atoms with van der Waals surface area (Å²) in [5, 5.41) is 6.93. The standard InChI is InChI=1S/C22H26N4O3/c1-6-17-9-7-8-10-19(17)23-21(27)13-25(5)22(28)18-11-14(2)26(16(18)4)20-12-15(3)29-24-20/h7-12H,6,13H2,1-5H3,(H,23,27). The molecular weight excluding hydrogens is 368 g/mol. The van der Waals surface area contributed by atoms with Crippen molar-refractivity contribution in [3.05, 3.63) is 64.7 Å². The molecule has 0 bridgehead atoms. The van der Waals surface area contributed by atoms with Gasteiger partial charge in [-0.3, -0.25) is 14.2 Å². The van der Waals surface area contributed by atoms with Crippen molar-refractivity contribution in [3.8, 4) is 5.82 Å². The average Bonchev–Trinajstić information content (AvgIpc) is 3.23. The first kappa shape index (κ1) is 20.4. The number of carbonyl (C=O) groups is 2. The summed E-state index contributed by atoms with van der Waals surface area (Å²) in [5.41, 5.74) is 3.99. The molecule has 0 unspecified atom stereocenters. The average molecular weight is 394 g/mol. The number of hydrogen-bond donors (Lipinski definition) is 1. The van der Waals surface area contributed by atoms with E-state index in [1.807, 2.05) is 68.7 Å². The second-order valence-corrected chi connectivity index (χ2v) is 7.14. The van der Waals surface area contributed by atoms with Crippen LogP contribution in [0.5, 0.6) is 0 Å². The van der Waals surface area contributed by atoms with E-state index in [1.54, 1.807) is 7.05 Å². The van der Waals surface area contributed by atoms with Crippen molar-refractivity contribution >= 4 is 17.5 Å². The Kier molecular flexibility index (Phi) is 5.87. The highest BCUT2D eigenvalue weighted by atomic mass is 16.5. The third-order valence-corrected chi connectivity index (χ3v) is 4.91. The van der Waals surface area contributed by atoms with Crippen molar-refractivity contribution in [2.45, 2.75) is 34.1 Å². The van der Waals surface area contributed by atoms with Gasteiger partial charge in [-0.1, -0.05) is 30.3 Å². The zero-order valence-electron chi connectivity index (χ0n) is 17.4. The number of anilines is 1. The number of benzene rings is 1. The third kappa shape index (κ3) is 4.23. The Morgan fingerprint density at radius 3 is 2.55 bits per heavy atom. The smallest absolute Gasteiger partial charge is 0.255 e. The van der Waals surface area contributed by atoms with Crippen molar-refractivity contribution in [1.29, 1.82) is 0 Å². The van der Waals surface area contributed by atoms with Crippen molar-refractivity contribution in [1.82, 2.24) is 14.6 Å². The number of aromatic nitrogens is 2. The van der Waals surface area contributed by atoms with Crippen LogP contribution in [-0.2, 0) is 11.2 Å². The molecule has 0 saturated carbocycles. The van der Waals surface area contributed by atoms with Crippen LogP contribution in [-0.4, -0.2) is 40.0 Å². The molecule has 2 amide bonds. The topological polar surface area (TPSA) is 80.4 Å². The molecule has 0 fully saturated rings. The van der Waals surface area contributed by atoms with Gasteiger partial charge in [-0.2, -0.15) is 0 Å². The number of likely N-dealkylation sites (N-methyl/N-ethyl adjacent to an activating group) is 1. The fraction of sp³-hybridized carbons (Fsp3) is 0.318. The summed E-state index contributed by atoms with van der Waals surface area (Å²) < 4.78 is 7.03. The van der Waals surface area contributed by atoms with Crippen LogP contribution in [0, 0.1) is 20.8 Å². The van der Waals surface area contributed by atoms with E-state index >= 15 is 0 Å². The van der Waals surface area contributed by atoms with E-state index in [1.165, 1.54) is 4.90 Å². The molecule has 0 aliphatic rings. The highest BCUT2D eigenvalue weighted by Gasteiger charge is 2.22. The highest BCUT2D eigenvalue weighted by molar-refractivity contribution is 6.00. The summed E-state index contributed by atoms with van der Waals surface area (Å²) in [6.45, 7) is 7.58. The monoisotopic (exact) mass is 394 g/mol. The quantitative estimate of drug-likeness (QED) is 0.692. The number of nitrogens with zero attached hydrogens (tertiary/aromatic N) is 3. The summed E-state index contributed by atoms with van der Waals surface area (Å²) in [5.74, 6) is 0.876. The predicted molar refractivity (Wildman–Crippen MR) is 111 cm³/mol. The molecule has 7 heteroatoms. The Morgan fingerprint density at radius 2 is 1.90 bits per heavy atom. The van der Waals surface area contributed by atoms with E-state index in [0.29, 0.717) is 17.1 Å². The zero-order valence-corrected chi connectivity index (χ0v) is 17.4. The maximum Gasteiger partial charge on any atom is 0.255 e. The number of rotatable bonds is 6. The van der Waals surface area contributed by atoms with E-state index in [-0.39, 0.29) is 18.4 Å². The summed E-state index contributed by atoms with van der Waals surface area (Å²) in [4.78, 5) is 26.9. The lowest BCUT2D eigenvalue weighted by molar-refractivity contribution is -0.116. The van der Waals surface area contributed by atoms with Crippen molar-refractivity contribution in [2.24, 2.45) is 0 Å². The van der Waals surface area contributed by atoms with E-state index in [9.17, 15) is 9.59 Å². The van der Waals surface area contributed by atoms with Gasteiger partial charge in [0.25, 0.3) is 5.91 Å². The lowest BCUT2D eigenvalue weighted by Crippen LogP contribution is -2.35. The molecule has 3 rings (SSSR count). The minimum absolute atomic E-state index is 0.0381. The molecule has 2 heterocycles. The van der Waals surface area contributed by atoms with E-state index < -0.39 is 0 Å². The predicted octanol–water partition coefficient (Wildman–Crippen LogP) is 3.66. The second-order valence-electron chi connectivity index (χ2n) is 7.14. The molecular formula is C22H26N4O3. The van der Waals surface area contributed by atoms with Gasteiger partial charge in [-0.05, 0) is 44.9 Å². The van der Waals surface area contributed by atoms with Gasteiger partial charge in [0.05, 0.1) is 12.1 Å². The maximum absolute atomic E-state index is 13.0. The Bertz CT molecular complexity index is 1050. The number of carbonyl (C=O) groups excluding carboxylic acids is 2. The van der Waals surface area contributed by atoms with Crippen LogP contribution in [0.3, 0.4) is 0 Å². The number of hydrogen-bond acceptors (Lipinski definition) is 4. The van der Waals surface area contributed by atoms with Crippen LogP contribution in [0.1, 0.15) is 40.0 Å². The fourth-order valence-corrected chi connectivity index (χ4v) is 3.42. The number of nitrogens with one attached hydrogen (secondary N) is 1. The summed E-state index contributed by atoms with van der Waals surface area (Å²) in [6.07, 6.45) is 0.818. The molecule has 2 aromatic heterocycles. The summed E-state index contributed by atoms with van der Waals surface area (Å²) in [7, 11) is 1.63. The molecule has 1 N–H and O–H groups in total. The lowest BCUT2D eigenvalue weighted by atomic mass is 10.1. The number of amides is 2. The van der Waals surface area contributed by atoms with Crippen molar-refractivity contribution < 1.29 is 14.1 Å². The number of para-hydroxylation sites is 1. The molecule has 3 aromatic rings. The van der Waals surface area contributed by atoms with Crippen LogP contribution >= 0.6 is 0 Å². The Hall–Kier alpha value is -3.35. The van der Waals surface area contributed by atoms with Crippen LogP contribution in [0.4, 0.5) is 5.69 Å². The minimum atomic E-state index is -0.234. The molecule has 0 spiro atoms. The van der Waals surface area contributed by atoms with Crippen molar-refractivity contribution in [3.63, 3.8) is 0 Å². The van der Waals surface area contributed by atoms with Gasteiger partial charge < -0.3 is 14.7 Å². The first-order valence-electron chi connectivity index (χ1n) is 9.57. The van der Waals surface area contributed by atoms with E-state index in [4.69, 9.17) is 4.52 Å². The molecule has 0 saturated heterocycles. The van der Waals surface area contributed by atoms with E-state index in [0.717, 1.165) is 29.1 Å². The molecule has 0 aliphatic carbocycles. The summed E-state index contributed by atoms with van der Waals surface area (Å²) >= 11 is 0. The normalized spacial score (nSPS) is 10.8. The van der Waals surface area contributed by atoms with Crippen LogP contribution in [0.25, 0.3) is 5.82 Å². The van der Waals surface area contributed by atoms with Crippen LogP contribution in [0.15, 0.2) is 40.9 Å². The molecule has 0 aliphatic heterocycles. The minimum Gasteiger partial charge on any atom is -0.360 e. The molecule has 0 radical (unpaired) electrons.